The molecule has 0 saturated carbocycles. The van der Waals surface area contributed by atoms with Gasteiger partial charge >= 0.3 is 0 Å². The van der Waals surface area contributed by atoms with Crippen molar-refractivity contribution in [1.29, 1.82) is 0 Å². The van der Waals surface area contributed by atoms with E-state index in [0.29, 0.717) is 0 Å². The van der Waals surface area contributed by atoms with Crippen LogP contribution in [-0.2, 0) is 13.5 Å². The van der Waals surface area contributed by atoms with E-state index in [1.54, 1.807) is 11.3 Å². The maximum absolute atomic E-state index is 6.34. The minimum absolute atomic E-state index is 0.00999. The molecular formula is C15H17N3S. The van der Waals surface area contributed by atoms with Gasteiger partial charge < -0.3 is 5.73 Å². The lowest BCUT2D eigenvalue weighted by Gasteiger charge is -2.11. The van der Waals surface area contributed by atoms with Crippen LogP contribution < -0.4 is 5.73 Å². The molecule has 0 fully saturated rings. The first-order valence-electron chi connectivity index (χ1n) is 6.36. The van der Waals surface area contributed by atoms with Crippen molar-refractivity contribution in [2.45, 2.75) is 19.4 Å². The summed E-state index contributed by atoms with van der Waals surface area (Å²) in [6.07, 6.45) is 0.850. The molecule has 0 aliphatic rings. The van der Waals surface area contributed by atoms with E-state index in [-0.39, 0.29) is 6.04 Å². The molecule has 98 valence electrons. The van der Waals surface area contributed by atoms with Crippen molar-refractivity contribution in [3.63, 3.8) is 0 Å². The lowest BCUT2D eigenvalue weighted by atomic mass is 10.0. The van der Waals surface area contributed by atoms with Crippen LogP contribution in [0.15, 0.2) is 35.7 Å². The zero-order valence-electron chi connectivity index (χ0n) is 11.1. The van der Waals surface area contributed by atoms with Gasteiger partial charge in [0.05, 0.1) is 17.4 Å². The van der Waals surface area contributed by atoms with Gasteiger partial charge in [0.1, 0.15) is 0 Å². The molecule has 0 saturated heterocycles. The van der Waals surface area contributed by atoms with Gasteiger partial charge in [-0.2, -0.15) is 5.10 Å². The van der Waals surface area contributed by atoms with Gasteiger partial charge in [-0.05, 0) is 41.8 Å². The summed E-state index contributed by atoms with van der Waals surface area (Å²) in [6, 6.07) is 10.5. The topological polar surface area (TPSA) is 43.8 Å². The number of aromatic nitrogens is 2. The molecule has 1 atom stereocenters. The van der Waals surface area contributed by atoms with Crippen molar-refractivity contribution in [3.8, 4) is 0 Å². The minimum Gasteiger partial charge on any atom is -0.322 e. The third-order valence-corrected chi connectivity index (χ3v) is 4.43. The zero-order valence-corrected chi connectivity index (χ0v) is 11.9. The van der Waals surface area contributed by atoms with E-state index in [1.807, 2.05) is 18.7 Å². The SMILES string of the molecule is Cc1cc(C(N)Cc2csc3ccccc23)n(C)n1. The summed E-state index contributed by atoms with van der Waals surface area (Å²) in [4.78, 5) is 0. The van der Waals surface area contributed by atoms with E-state index >= 15 is 0 Å². The smallest absolute Gasteiger partial charge is 0.0597 e. The number of nitrogens with zero attached hydrogens (tertiary/aromatic N) is 2. The molecule has 0 radical (unpaired) electrons. The molecule has 1 aromatic carbocycles. The molecule has 3 rings (SSSR count). The van der Waals surface area contributed by atoms with Gasteiger partial charge in [0, 0.05) is 11.7 Å². The second-order valence-electron chi connectivity index (χ2n) is 4.90. The summed E-state index contributed by atoms with van der Waals surface area (Å²) in [5, 5.41) is 7.90. The zero-order chi connectivity index (χ0) is 13.4. The molecule has 0 spiro atoms. The predicted octanol–water partition coefficient (Wildman–Crippen LogP) is 3.19. The van der Waals surface area contributed by atoms with Crippen molar-refractivity contribution in [2.75, 3.05) is 0 Å². The van der Waals surface area contributed by atoms with Crippen LogP contribution in [-0.4, -0.2) is 9.78 Å². The van der Waals surface area contributed by atoms with Crippen LogP contribution in [0.25, 0.3) is 10.1 Å². The highest BCUT2D eigenvalue weighted by molar-refractivity contribution is 7.17. The highest BCUT2D eigenvalue weighted by Gasteiger charge is 2.14. The third kappa shape index (κ3) is 2.29. The lowest BCUT2D eigenvalue weighted by molar-refractivity contribution is 0.617. The Balaban J connectivity index is 1.91. The van der Waals surface area contributed by atoms with Gasteiger partial charge in [0.2, 0.25) is 0 Å². The van der Waals surface area contributed by atoms with Crippen LogP contribution in [0, 0.1) is 6.92 Å². The largest absolute Gasteiger partial charge is 0.322 e. The number of rotatable bonds is 3. The fraction of sp³-hybridized carbons (Fsp3) is 0.267. The molecule has 0 amide bonds. The van der Waals surface area contributed by atoms with Crippen LogP contribution in [0.3, 0.4) is 0 Å². The Labute approximate surface area is 116 Å². The fourth-order valence-electron chi connectivity index (χ4n) is 2.51. The maximum atomic E-state index is 6.34. The number of hydrogen-bond donors (Lipinski definition) is 1. The first-order valence-corrected chi connectivity index (χ1v) is 7.24. The average Bonchev–Trinajstić information content (AvgIpc) is 2.94. The van der Waals surface area contributed by atoms with E-state index < -0.39 is 0 Å². The molecule has 19 heavy (non-hydrogen) atoms. The monoisotopic (exact) mass is 271 g/mol. The Morgan fingerprint density at radius 3 is 2.89 bits per heavy atom. The standard InChI is InChI=1S/C15H17N3S/c1-10-7-14(18(2)17-10)13(16)8-11-9-19-15-6-4-3-5-12(11)15/h3-7,9,13H,8,16H2,1-2H3. The molecule has 0 bridgehead atoms. The average molecular weight is 271 g/mol. The molecule has 1 unspecified atom stereocenters. The first-order chi connectivity index (χ1) is 9.15. The molecule has 3 aromatic rings. The van der Waals surface area contributed by atoms with Gasteiger partial charge in [-0.25, -0.2) is 0 Å². The Hall–Kier alpha value is -1.65. The molecule has 2 N–H and O–H groups in total. The second-order valence-corrected chi connectivity index (χ2v) is 5.81. The van der Waals surface area contributed by atoms with E-state index in [1.165, 1.54) is 15.6 Å². The highest BCUT2D eigenvalue weighted by Crippen LogP contribution is 2.28. The number of thiophene rings is 1. The van der Waals surface area contributed by atoms with E-state index in [4.69, 9.17) is 5.73 Å². The van der Waals surface area contributed by atoms with Crippen LogP contribution in [0.1, 0.15) is 23.0 Å². The van der Waals surface area contributed by atoms with E-state index in [9.17, 15) is 0 Å². The predicted molar refractivity (Wildman–Crippen MR) is 80.4 cm³/mol. The third-order valence-electron chi connectivity index (χ3n) is 3.42. The molecule has 0 aliphatic heterocycles. The van der Waals surface area contributed by atoms with Crippen molar-refractivity contribution in [3.05, 3.63) is 52.7 Å². The first kappa shape index (κ1) is 12.4. The molecule has 2 aromatic heterocycles. The Morgan fingerprint density at radius 2 is 2.16 bits per heavy atom. The minimum atomic E-state index is -0.00999. The van der Waals surface area contributed by atoms with Gasteiger partial charge in [0.15, 0.2) is 0 Å². The molecular weight excluding hydrogens is 254 g/mol. The summed E-state index contributed by atoms with van der Waals surface area (Å²) < 4.78 is 3.21. The Kier molecular flexibility index (Phi) is 3.12. The summed E-state index contributed by atoms with van der Waals surface area (Å²) >= 11 is 1.78. The number of aryl methyl sites for hydroxylation is 2. The molecule has 4 heteroatoms. The van der Waals surface area contributed by atoms with Crippen LogP contribution in [0.4, 0.5) is 0 Å². The second kappa shape index (κ2) is 4.79. The van der Waals surface area contributed by atoms with Gasteiger partial charge in [-0.15, -0.1) is 11.3 Å². The van der Waals surface area contributed by atoms with Gasteiger partial charge in [0.25, 0.3) is 0 Å². The summed E-state index contributed by atoms with van der Waals surface area (Å²) in [6.45, 7) is 2.00. The van der Waals surface area contributed by atoms with Gasteiger partial charge in [-0.3, -0.25) is 4.68 Å². The van der Waals surface area contributed by atoms with Crippen molar-refractivity contribution < 1.29 is 0 Å². The summed E-state index contributed by atoms with van der Waals surface area (Å²) in [5.74, 6) is 0. The van der Waals surface area contributed by atoms with E-state index in [0.717, 1.165) is 17.8 Å². The fourth-order valence-corrected chi connectivity index (χ4v) is 3.49. The summed E-state index contributed by atoms with van der Waals surface area (Å²) in [7, 11) is 1.95. The summed E-state index contributed by atoms with van der Waals surface area (Å²) in [5.41, 5.74) is 9.77. The molecule has 0 aliphatic carbocycles. The lowest BCUT2D eigenvalue weighted by Crippen LogP contribution is -2.16. The van der Waals surface area contributed by atoms with Crippen LogP contribution in [0.2, 0.25) is 0 Å². The Morgan fingerprint density at radius 1 is 1.37 bits per heavy atom. The van der Waals surface area contributed by atoms with Crippen molar-refractivity contribution in [1.82, 2.24) is 9.78 Å². The number of benzene rings is 1. The van der Waals surface area contributed by atoms with Crippen molar-refractivity contribution >= 4 is 21.4 Å². The molecule has 2 heterocycles. The number of nitrogens with two attached hydrogens (primary N) is 1. The van der Waals surface area contributed by atoms with Crippen LogP contribution >= 0.6 is 11.3 Å². The van der Waals surface area contributed by atoms with Crippen molar-refractivity contribution in [2.24, 2.45) is 12.8 Å². The van der Waals surface area contributed by atoms with Crippen LogP contribution in [0.5, 0.6) is 0 Å². The number of fused-ring (bicyclic) bond motifs is 1. The maximum Gasteiger partial charge on any atom is 0.0597 e. The van der Waals surface area contributed by atoms with Gasteiger partial charge in [-0.1, -0.05) is 18.2 Å². The van der Waals surface area contributed by atoms with E-state index in [2.05, 4.69) is 40.8 Å². The molecule has 3 nitrogen and oxygen atoms in total. The Bertz CT molecular complexity index is 711. The normalized spacial score (nSPS) is 13.0. The number of hydrogen-bond acceptors (Lipinski definition) is 3. The quantitative estimate of drug-likeness (QED) is 0.795. The highest BCUT2D eigenvalue weighted by atomic mass is 32.1.